The first kappa shape index (κ1) is 23.1. The summed E-state index contributed by atoms with van der Waals surface area (Å²) in [4.78, 5) is 0.0891. The molecule has 0 unspecified atom stereocenters. The van der Waals surface area contributed by atoms with Gasteiger partial charge in [0.25, 0.3) is 10.0 Å². The molecule has 0 aromatic heterocycles. The first-order chi connectivity index (χ1) is 14.8. The molecule has 0 aliphatic heterocycles. The third-order valence-electron chi connectivity index (χ3n) is 4.67. The summed E-state index contributed by atoms with van der Waals surface area (Å²) in [6, 6.07) is 16.0. The van der Waals surface area contributed by atoms with E-state index in [0.29, 0.717) is 38.5 Å². The minimum atomic E-state index is -3.99. The lowest BCUT2D eigenvalue weighted by molar-refractivity contribution is 0.355. The van der Waals surface area contributed by atoms with E-state index in [0.717, 1.165) is 0 Å². The Labute approximate surface area is 191 Å². The molecule has 164 valence electrons. The Kier molecular flexibility index (Phi) is 7.20. The quantitative estimate of drug-likeness (QED) is 0.429. The lowest BCUT2D eigenvalue weighted by atomic mass is 10.2. The van der Waals surface area contributed by atoms with Crippen molar-refractivity contribution in [3.63, 3.8) is 0 Å². The third kappa shape index (κ3) is 4.84. The number of anilines is 1. The van der Waals surface area contributed by atoms with Crippen molar-refractivity contribution >= 4 is 38.9 Å². The number of ether oxygens (including phenoxy) is 3. The normalized spacial score (nSPS) is 11.1. The fourth-order valence-electron chi connectivity index (χ4n) is 3.00. The second-order valence-electron chi connectivity index (χ2n) is 6.43. The minimum absolute atomic E-state index is 0.0810. The molecule has 3 aromatic carbocycles. The summed E-state index contributed by atoms with van der Waals surface area (Å²) in [6.45, 7) is -0.0810. The lowest BCUT2D eigenvalue weighted by Crippen LogP contribution is -2.31. The molecule has 3 rings (SSSR count). The maximum absolute atomic E-state index is 13.6. The van der Waals surface area contributed by atoms with Crippen molar-refractivity contribution in [1.29, 1.82) is 0 Å². The molecule has 0 bridgehead atoms. The van der Waals surface area contributed by atoms with Gasteiger partial charge in [-0.3, -0.25) is 4.31 Å². The lowest BCUT2D eigenvalue weighted by Gasteiger charge is -2.26. The van der Waals surface area contributed by atoms with Crippen molar-refractivity contribution in [1.82, 2.24) is 0 Å². The summed E-state index contributed by atoms with van der Waals surface area (Å²) in [7, 11) is 0.509. The molecule has 0 saturated carbocycles. The average Bonchev–Trinajstić information content (AvgIpc) is 2.78. The zero-order valence-corrected chi connectivity index (χ0v) is 19.5. The smallest absolute Gasteiger partial charge is 0.264 e. The molecule has 0 heterocycles. The van der Waals surface area contributed by atoms with Crippen LogP contribution in [-0.2, 0) is 16.6 Å². The Morgan fingerprint density at radius 3 is 1.97 bits per heavy atom. The Morgan fingerprint density at radius 1 is 0.806 bits per heavy atom. The largest absolute Gasteiger partial charge is 0.497 e. The number of rotatable bonds is 8. The van der Waals surface area contributed by atoms with Crippen LogP contribution in [0.25, 0.3) is 0 Å². The molecule has 0 saturated heterocycles. The van der Waals surface area contributed by atoms with Crippen LogP contribution in [0.5, 0.6) is 17.2 Å². The Morgan fingerprint density at radius 2 is 1.42 bits per heavy atom. The second kappa shape index (κ2) is 9.68. The highest BCUT2D eigenvalue weighted by atomic mass is 35.5. The van der Waals surface area contributed by atoms with Crippen LogP contribution in [0.3, 0.4) is 0 Å². The van der Waals surface area contributed by atoms with Gasteiger partial charge in [0.05, 0.1) is 38.5 Å². The van der Waals surface area contributed by atoms with Crippen molar-refractivity contribution in [2.45, 2.75) is 11.4 Å². The van der Waals surface area contributed by atoms with Gasteiger partial charge in [0.15, 0.2) is 11.5 Å². The first-order valence-electron chi connectivity index (χ1n) is 9.13. The number of nitrogens with zero attached hydrogens (tertiary/aromatic N) is 1. The standard InChI is InChI=1S/C22H21Cl2NO5S/c1-28-16-8-10-17(11-9-16)31(26,27)25(14-18-19(23)5-4-6-20(18)24)15-7-12-21(29-2)22(13-15)30-3/h4-13H,14H2,1-3H3. The average molecular weight is 482 g/mol. The van der Waals surface area contributed by atoms with Crippen LogP contribution in [0, 0.1) is 0 Å². The molecule has 0 fully saturated rings. The first-order valence-corrected chi connectivity index (χ1v) is 11.3. The molecular weight excluding hydrogens is 461 g/mol. The Balaban J connectivity index is 2.16. The van der Waals surface area contributed by atoms with E-state index < -0.39 is 10.0 Å². The summed E-state index contributed by atoms with van der Waals surface area (Å²) in [6.07, 6.45) is 0. The summed E-state index contributed by atoms with van der Waals surface area (Å²) in [5.41, 5.74) is 0.849. The van der Waals surface area contributed by atoms with E-state index in [9.17, 15) is 8.42 Å². The maximum atomic E-state index is 13.6. The van der Waals surface area contributed by atoms with Crippen LogP contribution in [-0.4, -0.2) is 29.7 Å². The van der Waals surface area contributed by atoms with Crippen molar-refractivity contribution in [2.24, 2.45) is 0 Å². The van der Waals surface area contributed by atoms with Crippen LogP contribution in [0.2, 0.25) is 10.0 Å². The Bertz CT molecular complexity index is 1150. The molecule has 3 aromatic rings. The van der Waals surface area contributed by atoms with Crippen molar-refractivity contribution in [3.05, 3.63) is 76.3 Å². The molecule has 6 nitrogen and oxygen atoms in total. The van der Waals surface area contributed by atoms with E-state index in [1.165, 1.54) is 37.8 Å². The van der Waals surface area contributed by atoms with Gasteiger partial charge in [0, 0.05) is 21.7 Å². The number of hydrogen-bond acceptors (Lipinski definition) is 5. The SMILES string of the molecule is COc1ccc(S(=O)(=O)N(Cc2c(Cl)cccc2Cl)c2ccc(OC)c(OC)c2)cc1. The van der Waals surface area contributed by atoms with Gasteiger partial charge in [-0.05, 0) is 48.5 Å². The number of sulfonamides is 1. The predicted molar refractivity (Wildman–Crippen MR) is 122 cm³/mol. The fourth-order valence-corrected chi connectivity index (χ4v) is 4.94. The van der Waals surface area contributed by atoms with Gasteiger partial charge in [-0.15, -0.1) is 0 Å². The van der Waals surface area contributed by atoms with Gasteiger partial charge in [-0.2, -0.15) is 0 Å². The van der Waals surface area contributed by atoms with Crippen LogP contribution < -0.4 is 18.5 Å². The topological polar surface area (TPSA) is 65.1 Å². The monoisotopic (exact) mass is 481 g/mol. The van der Waals surface area contributed by atoms with E-state index in [1.807, 2.05) is 0 Å². The van der Waals surface area contributed by atoms with Crippen molar-refractivity contribution in [2.75, 3.05) is 25.6 Å². The number of halogens is 2. The molecule has 0 spiro atoms. The van der Waals surface area contributed by atoms with Crippen LogP contribution in [0.4, 0.5) is 5.69 Å². The number of benzene rings is 3. The highest BCUT2D eigenvalue weighted by Crippen LogP contribution is 2.36. The Hall–Kier alpha value is -2.61. The van der Waals surface area contributed by atoms with Gasteiger partial charge in [0.1, 0.15) is 5.75 Å². The van der Waals surface area contributed by atoms with E-state index in [1.54, 1.807) is 48.5 Å². The van der Waals surface area contributed by atoms with Crippen LogP contribution >= 0.6 is 23.2 Å². The molecule has 0 N–H and O–H groups in total. The summed E-state index contributed by atoms with van der Waals surface area (Å²) >= 11 is 12.7. The van der Waals surface area contributed by atoms with Gasteiger partial charge < -0.3 is 14.2 Å². The van der Waals surface area contributed by atoms with Gasteiger partial charge >= 0.3 is 0 Å². The molecular formula is C22H21Cl2NO5S. The highest BCUT2D eigenvalue weighted by Gasteiger charge is 2.28. The molecule has 0 aliphatic carbocycles. The van der Waals surface area contributed by atoms with E-state index in [2.05, 4.69) is 0 Å². The molecule has 0 amide bonds. The van der Waals surface area contributed by atoms with Crippen LogP contribution in [0.1, 0.15) is 5.56 Å². The molecule has 0 aliphatic rings. The molecule has 9 heteroatoms. The van der Waals surface area contributed by atoms with Gasteiger partial charge in [0.2, 0.25) is 0 Å². The summed E-state index contributed by atoms with van der Waals surface area (Å²) in [5, 5.41) is 0.728. The zero-order chi connectivity index (χ0) is 22.6. The van der Waals surface area contributed by atoms with E-state index >= 15 is 0 Å². The second-order valence-corrected chi connectivity index (χ2v) is 9.10. The molecule has 0 radical (unpaired) electrons. The highest BCUT2D eigenvalue weighted by molar-refractivity contribution is 7.92. The maximum Gasteiger partial charge on any atom is 0.264 e. The summed E-state index contributed by atoms with van der Waals surface area (Å²) in [5.74, 6) is 1.41. The predicted octanol–water partition coefficient (Wildman–Crippen LogP) is 5.41. The fraction of sp³-hybridized carbons (Fsp3) is 0.182. The van der Waals surface area contributed by atoms with Crippen molar-refractivity contribution in [3.8, 4) is 17.2 Å². The third-order valence-corrected chi connectivity index (χ3v) is 7.16. The zero-order valence-electron chi connectivity index (χ0n) is 17.1. The number of hydrogen-bond donors (Lipinski definition) is 0. The van der Waals surface area contributed by atoms with E-state index in [4.69, 9.17) is 37.4 Å². The van der Waals surface area contributed by atoms with Gasteiger partial charge in [-0.25, -0.2) is 8.42 Å². The van der Waals surface area contributed by atoms with Crippen molar-refractivity contribution < 1.29 is 22.6 Å². The van der Waals surface area contributed by atoms with E-state index in [-0.39, 0.29) is 11.4 Å². The summed E-state index contributed by atoms with van der Waals surface area (Å²) < 4.78 is 44.3. The van der Waals surface area contributed by atoms with Gasteiger partial charge in [-0.1, -0.05) is 29.3 Å². The minimum Gasteiger partial charge on any atom is -0.497 e. The molecule has 31 heavy (non-hydrogen) atoms. The number of methoxy groups -OCH3 is 3. The van der Waals surface area contributed by atoms with Crippen LogP contribution in [0.15, 0.2) is 65.6 Å². The molecule has 0 atom stereocenters.